The Hall–Kier alpha value is -1.19. The van der Waals surface area contributed by atoms with E-state index in [2.05, 4.69) is 5.32 Å². The van der Waals surface area contributed by atoms with Crippen molar-refractivity contribution in [3.05, 3.63) is 16.2 Å². The van der Waals surface area contributed by atoms with E-state index in [1.807, 2.05) is 0 Å². The van der Waals surface area contributed by atoms with Gasteiger partial charge >= 0.3 is 5.69 Å². The minimum Gasteiger partial charge on any atom is -0.380 e. The minimum atomic E-state index is -3.44. The van der Waals surface area contributed by atoms with Crippen LogP contribution in [0.2, 0.25) is 0 Å². The van der Waals surface area contributed by atoms with Crippen LogP contribution >= 0.6 is 11.3 Å². The monoisotopic (exact) mass is 294 g/mol. The molecule has 1 aromatic heterocycles. The van der Waals surface area contributed by atoms with E-state index in [4.69, 9.17) is 4.74 Å². The molecule has 0 saturated carbocycles. The van der Waals surface area contributed by atoms with E-state index in [9.17, 15) is 18.5 Å². The number of hydrogen-bond acceptors (Lipinski definition) is 7. The van der Waals surface area contributed by atoms with Crippen molar-refractivity contribution in [3.8, 4) is 0 Å². The predicted octanol–water partition coefficient (Wildman–Crippen LogP) is 1.51. The summed E-state index contributed by atoms with van der Waals surface area (Å²) >= 11 is 0.851. The normalized spacial score (nSPS) is 13.3. The molecule has 18 heavy (non-hydrogen) atoms. The number of rotatable bonds is 6. The lowest BCUT2D eigenvalue weighted by molar-refractivity contribution is -0.383. The Kier molecular flexibility index (Phi) is 4.65. The van der Waals surface area contributed by atoms with Crippen molar-refractivity contribution in [3.63, 3.8) is 0 Å². The Morgan fingerprint density at radius 1 is 1.61 bits per heavy atom. The van der Waals surface area contributed by atoms with Gasteiger partial charge in [-0.1, -0.05) is 11.3 Å². The van der Waals surface area contributed by atoms with Gasteiger partial charge in [-0.3, -0.25) is 10.1 Å². The highest BCUT2D eigenvalue weighted by molar-refractivity contribution is 7.92. The highest BCUT2D eigenvalue weighted by Crippen LogP contribution is 2.36. The number of nitrogens with zero attached hydrogens (tertiary/aromatic N) is 1. The van der Waals surface area contributed by atoms with Crippen LogP contribution in [-0.2, 0) is 14.6 Å². The van der Waals surface area contributed by atoms with Crippen LogP contribution in [0.25, 0.3) is 0 Å². The molecule has 9 heteroatoms. The Bertz CT molecular complexity index is 537. The predicted molar refractivity (Wildman–Crippen MR) is 69.0 cm³/mol. The SMILES string of the molecule is COC(C)CNc1sc(S(C)(=O)=O)cc1[N+](=O)[O-]. The molecule has 1 atom stereocenters. The van der Waals surface area contributed by atoms with Gasteiger partial charge in [0, 0.05) is 26.0 Å². The summed E-state index contributed by atoms with van der Waals surface area (Å²) in [5.74, 6) is 0. The first kappa shape index (κ1) is 14.9. The maximum atomic E-state index is 11.4. The summed E-state index contributed by atoms with van der Waals surface area (Å²) in [5.41, 5.74) is -0.233. The number of ether oxygens (including phenoxy) is 1. The lowest BCUT2D eigenvalue weighted by atomic mass is 10.4. The summed E-state index contributed by atoms with van der Waals surface area (Å²) in [5, 5.41) is 13.9. The molecule has 0 bridgehead atoms. The van der Waals surface area contributed by atoms with Crippen LogP contribution < -0.4 is 5.32 Å². The molecule has 102 valence electrons. The first-order valence-electron chi connectivity index (χ1n) is 5.00. The Labute approximate surface area is 109 Å². The van der Waals surface area contributed by atoms with E-state index in [1.54, 1.807) is 6.92 Å². The van der Waals surface area contributed by atoms with Crippen molar-refractivity contribution in [1.29, 1.82) is 0 Å². The van der Waals surface area contributed by atoms with Crippen LogP contribution in [0, 0.1) is 10.1 Å². The summed E-state index contributed by atoms with van der Waals surface area (Å²) < 4.78 is 27.7. The molecule has 0 aliphatic rings. The average Bonchev–Trinajstić information content (AvgIpc) is 2.69. The second-order valence-corrected chi connectivity index (χ2v) is 7.03. The lowest BCUT2D eigenvalue weighted by Crippen LogP contribution is -2.17. The zero-order valence-corrected chi connectivity index (χ0v) is 11.8. The highest BCUT2D eigenvalue weighted by atomic mass is 32.2. The summed E-state index contributed by atoms with van der Waals surface area (Å²) in [7, 11) is -1.91. The second kappa shape index (κ2) is 5.63. The third-order valence-corrected chi connectivity index (χ3v) is 5.09. The molecule has 0 aromatic carbocycles. The molecule has 1 unspecified atom stereocenters. The van der Waals surface area contributed by atoms with Gasteiger partial charge in [0.1, 0.15) is 4.21 Å². The van der Waals surface area contributed by atoms with Crippen molar-refractivity contribution in [2.45, 2.75) is 17.2 Å². The summed E-state index contributed by atoms with van der Waals surface area (Å²) in [6.07, 6.45) is 0.887. The van der Waals surface area contributed by atoms with E-state index in [0.717, 1.165) is 23.7 Å². The molecule has 0 spiro atoms. The van der Waals surface area contributed by atoms with Gasteiger partial charge in [-0.25, -0.2) is 8.42 Å². The second-order valence-electron chi connectivity index (χ2n) is 3.74. The van der Waals surface area contributed by atoms with Crippen molar-refractivity contribution >= 4 is 31.9 Å². The quantitative estimate of drug-likeness (QED) is 0.630. The standard InChI is InChI=1S/C9H14N2O5S2/c1-6(16-2)5-10-9-7(11(12)13)4-8(17-9)18(3,14)15/h4,6,10H,5H2,1-3H3. The molecule has 1 rings (SSSR count). The first-order chi connectivity index (χ1) is 8.25. The maximum absolute atomic E-state index is 11.4. The van der Waals surface area contributed by atoms with Crippen molar-refractivity contribution < 1.29 is 18.1 Å². The third kappa shape index (κ3) is 3.65. The molecule has 7 nitrogen and oxygen atoms in total. The van der Waals surface area contributed by atoms with Gasteiger partial charge in [0.25, 0.3) is 0 Å². The fraction of sp³-hybridized carbons (Fsp3) is 0.556. The maximum Gasteiger partial charge on any atom is 0.304 e. The van der Waals surface area contributed by atoms with Crippen LogP contribution in [0.4, 0.5) is 10.7 Å². The largest absolute Gasteiger partial charge is 0.380 e. The fourth-order valence-corrected chi connectivity index (χ4v) is 3.07. The molecule has 0 fully saturated rings. The highest BCUT2D eigenvalue weighted by Gasteiger charge is 2.23. The summed E-state index contributed by atoms with van der Waals surface area (Å²) in [6.45, 7) is 2.16. The van der Waals surface area contributed by atoms with Gasteiger partial charge in [0.15, 0.2) is 14.8 Å². The Morgan fingerprint density at radius 2 is 2.22 bits per heavy atom. The Balaban J connectivity index is 3.02. The molecule has 0 saturated heterocycles. The summed E-state index contributed by atoms with van der Waals surface area (Å²) in [6, 6.07) is 1.07. The number of nitro groups is 1. The zero-order valence-electron chi connectivity index (χ0n) is 10.2. The number of thiophene rings is 1. The number of anilines is 1. The summed E-state index contributed by atoms with van der Waals surface area (Å²) in [4.78, 5) is 10.2. The van der Waals surface area contributed by atoms with E-state index < -0.39 is 14.8 Å². The topological polar surface area (TPSA) is 98.5 Å². The van der Waals surface area contributed by atoms with E-state index >= 15 is 0 Å². The van der Waals surface area contributed by atoms with Gasteiger partial charge in [-0.05, 0) is 6.92 Å². The molecule has 0 aliphatic carbocycles. The first-order valence-corrected chi connectivity index (χ1v) is 7.71. The molecule has 0 aliphatic heterocycles. The molecular formula is C9H14N2O5S2. The van der Waals surface area contributed by atoms with Crippen molar-refractivity contribution in [1.82, 2.24) is 0 Å². The average molecular weight is 294 g/mol. The third-order valence-electron chi connectivity index (χ3n) is 2.20. The van der Waals surface area contributed by atoms with Gasteiger partial charge in [-0.15, -0.1) is 0 Å². The van der Waals surface area contributed by atoms with E-state index in [1.165, 1.54) is 7.11 Å². The van der Waals surface area contributed by atoms with Crippen LogP contribution in [0.1, 0.15) is 6.92 Å². The number of nitrogens with one attached hydrogen (secondary N) is 1. The molecule has 0 amide bonds. The molecular weight excluding hydrogens is 280 g/mol. The number of sulfone groups is 1. The molecule has 0 radical (unpaired) electrons. The smallest absolute Gasteiger partial charge is 0.304 e. The lowest BCUT2D eigenvalue weighted by Gasteiger charge is -2.09. The number of hydrogen-bond donors (Lipinski definition) is 1. The van der Waals surface area contributed by atoms with Gasteiger partial charge in [-0.2, -0.15) is 0 Å². The van der Waals surface area contributed by atoms with Crippen LogP contribution in [-0.4, -0.2) is 39.4 Å². The molecule has 1 aromatic rings. The van der Waals surface area contributed by atoms with Crippen LogP contribution in [0.5, 0.6) is 0 Å². The van der Waals surface area contributed by atoms with Crippen molar-refractivity contribution in [2.75, 3.05) is 25.2 Å². The zero-order chi connectivity index (χ0) is 13.9. The van der Waals surface area contributed by atoms with Crippen molar-refractivity contribution in [2.24, 2.45) is 0 Å². The minimum absolute atomic E-state index is 0.0261. The van der Waals surface area contributed by atoms with Gasteiger partial charge in [0.2, 0.25) is 0 Å². The fourth-order valence-electron chi connectivity index (χ4n) is 1.12. The van der Waals surface area contributed by atoms with Crippen LogP contribution in [0.3, 0.4) is 0 Å². The molecule has 1 N–H and O–H groups in total. The Morgan fingerprint density at radius 3 is 2.67 bits per heavy atom. The number of methoxy groups -OCH3 is 1. The van der Waals surface area contributed by atoms with E-state index in [-0.39, 0.29) is 21.0 Å². The van der Waals surface area contributed by atoms with E-state index in [0.29, 0.717) is 6.54 Å². The molecule has 1 heterocycles. The van der Waals surface area contributed by atoms with Gasteiger partial charge in [0.05, 0.1) is 11.0 Å². The van der Waals surface area contributed by atoms with Gasteiger partial charge < -0.3 is 10.1 Å². The van der Waals surface area contributed by atoms with Crippen LogP contribution in [0.15, 0.2) is 10.3 Å².